The van der Waals surface area contributed by atoms with Gasteiger partial charge < -0.3 is 25.3 Å². The fourth-order valence-electron chi connectivity index (χ4n) is 5.90. The SMILES string of the molecule is CC(C)C[C@@](C)(COc1ccc(-c2ccnc(C(F)F)c2)nc1Cl)NC(=O)OC(C)(C)C.CC(C)C[C@](C)(N)COc1ccc(-c2ccnc(C(F)F)c2)nc1Cl. The van der Waals surface area contributed by atoms with E-state index in [1.807, 2.05) is 27.7 Å². The van der Waals surface area contributed by atoms with E-state index in [4.69, 9.17) is 43.1 Å². The summed E-state index contributed by atoms with van der Waals surface area (Å²) in [4.78, 5) is 28.1. The number of ether oxygens (including phenoxy) is 3. The number of nitrogens with one attached hydrogen (secondary N) is 1. The van der Waals surface area contributed by atoms with Crippen molar-refractivity contribution in [2.45, 2.75) is 105 Å². The van der Waals surface area contributed by atoms with Gasteiger partial charge in [-0.3, -0.25) is 9.97 Å². The van der Waals surface area contributed by atoms with Gasteiger partial charge in [0.15, 0.2) is 21.8 Å². The lowest BCUT2D eigenvalue weighted by Crippen LogP contribution is -2.52. The molecule has 1 amide bonds. The van der Waals surface area contributed by atoms with Crippen LogP contribution in [0.3, 0.4) is 0 Å². The second-order valence-electron chi connectivity index (χ2n) is 16.1. The highest BCUT2D eigenvalue weighted by Gasteiger charge is 2.31. The van der Waals surface area contributed by atoms with Gasteiger partial charge in [-0.05, 0) is 108 Å². The van der Waals surface area contributed by atoms with Crippen LogP contribution < -0.4 is 20.5 Å². The molecule has 0 saturated carbocycles. The van der Waals surface area contributed by atoms with Crippen molar-refractivity contribution in [3.8, 4) is 34.0 Å². The van der Waals surface area contributed by atoms with Crippen LogP contribution in [0, 0.1) is 11.8 Å². The highest BCUT2D eigenvalue weighted by atomic mass is 35.5. The average Bonchev–Trinajstić information content (AvgIpc) is 3.09. The van der Waals surface area contributed by atoms with Crippen molar-refractivity contribution < 1.29 is 36.6 Å². The summed E-state index contributed by atoms with van der Waals surface area (Å²) in [6.45, 7) is 17.9. The molecule has 0 aliphatic rings. The van der Waals surface area contributed by atoms with Crippen molar-refractivity contribution in [3.05, 3.63) is 82.6 Å². The van der Waals surface area contributed by atoms with E-state index in [9.17, 15) is 22.4 Å². The highest BCUT2D eigenvalue weighted by molar-refractivity contribution is 6.31. The van der Waals surface area contributed by atoms with E-state index in [0.29, 0.717) is 53.0 Å². The first kappa shape index (κ1) is 47.1. The predicted octanol–water partition coefficient (Wildman–Crippen LogP) is 11.3. The maximum absolute atomic E-state index is 12.9. The minimum atomic E-state index is -2.68. The molecule has 0 aliphatic heterocycles. The number of pyridine rings is 4. The number of carbonyl (C=O) groups excluding carboxylic acids is 1. The Balaban J connectivity index is 0.000000315. The molecule has 10 nitrogen and oxygen atoms in total. The molecule has 0 saturated heterocycles. The zero-order valence-electron chi connectivity index (χ0n) is 33.7. The number of nitrogens with zero attached hydrogens (tertiary/aromatic N) is 4. The monoisotopic (exact) mass is 838 g/mol. The van der Waals surface area contributed by atoms with Crippen LogP contribution in [0.2, 0.25) is 10.3 Å². The van der Waals surface area contributed by atoms with Gasteiger partial charge in [0.1, 0.15) is 30.2 Å². The highest BCUT2D eigenvalue weighted by Crippen LogP contribution is 2.31. The van der Waals surface area contributed by atoms with E-state index in [1.54, 1.807) is 57.2 Å². The third kappa shape index (κ3) is 15.9. The van der Waals surface area contributed by atoms with Gasteiger partial charge in [-0.25, -0.2) is 32.3 Å². The summed E-state index contributed by atoms with van der Waals surface area (Å²) in [6.07, 6.45) is -1.77. The van der Waals surface area contributed by atoms with Crippen LogP contribution in [-0.4, -0.2) is 55.9 Å². The first-order valence-electron chi connectivity index (χ1n) is 18.3. The molecular formula is C41H52Cl2F4N6O4. The molecule has 0 bridgehead atoms. The number of hydrogen-bond acceptors (Lipinski definition) is 9. The van der Waals surface area contributed by atoms with Crippen LogP contribution in [0.5, 0.6) is 11.5 Å². The number of alkyl carbamates (subject to hydrolysis) is 1. The van der Waals surface area contributed by atoms with E-state index in [0.717, 1.165) is 6.42 Å². The van der Waals surface area contributed by atoms with Crippen LogP contribution in [0.25, 0.3) is 22.5 Å². The molecule has 0 aliphatic carbocycles. The molecule has 3 N–H and O–H groups in total. The van der Waals surface area contributed by atoms with Crippen molar-refractivity contribution >= 4 is 29.3 Å². The molecule has 2 atom stereocenters. The first-order chi connectivity index (χ1) is 26.5. The van der Waals surface area contributed by atoms with Gasteiger partial charge in [0.05, 0.1) is 16.9 Å². The minimum absolute atomic E-state index is 0.0853. The molecule has 0 fully saturated rings. The van der Waals surface area contributed by atoms with Gasteiger partial charge >= 0.3 is 6.09 Å². The van der Waals surface area contributed by atoms with Crippen LogP contribution in [0.15, 0.2) is 60.9 Å². The van der Waals surface area contributed by atoms with E-state index in [2.05, 4.69) is 39.1 Å². The second kappa shape index (κ2) is 20.4. The molecule has 312 valence electrons. The Morgan fingerprint density at radius 2 is 1.16 bits per heavy atom. The number of hydrogen-bond donors (Lipinski definition) is 2. The number of carbonyl (C=O) groups is 1. The maximum Gasteiger partial charge on any atom is 0.408 e. The molecule has 4 heterocycles. The summed E-state index contributed by atoms with van der Waals surface area (Å²) in [7, 11) is 0. The molecule has 4 rings (SSSR count). The van der Waals surface area contributed by atoms with E-state index < -0.39 is 35.6 Å². The molecule has 0 radical (unpaired) electrons. The number of amides is 1. The summed E-state index contributed by atoms with van der Waals surface area (Å²) in [6, 6.07) is 12.3. The number of nitrogens with two attached hydrogens (primary N) is 1. The van der Waals surface area contributed by atoms with Crippen LogP contribution in [-0.2, 0) is 4.74 Å². The van der Waals surface area contributed by atoms with Gasteiger partial charge in [0.2, 0.25) is 0 Å². The number of rotatable bonds is 15. The smallest absolute Gasteiger partial charge is 0.408 e. The summed E-state index contributed by atoms with van der Waals surface area (Å²) < 4.78 is 68.4. The summed E-state index contributed by atoms with van der Waals surface area (Å²) >= 11 is 12.5. The molecule has 0 unspecified atom stereocenters. The van der Waals surface area contributed by atoms with Crippen LogP contribution in [0.1, 0.15) is 99.4 Å². The van der Waals surface area contributed by atoms with Crippen molar-refractivity contribution in [2.75, 3.05) is 13.2 Å². The fraction of sp³-hybridized carbons (Fsp3) is 0.488. The Hall–Kier alpha value is -4.27. The lowest BCUT2D eigenvalue weighted by molar-refractivity contribution is 0.0408. The van der Waals surface area contributed by atoms with Gasteiger partial charge in [0.25, 0.3) is 12.9 Å². The lowest BCUT2D eigenvalue weighted by Gasteiger charge is -2.33. The maximum atomic E-state index is 12.9. The molecular weight excluding hydrogens is 787 g/mol. The first-order valence-corrected chi connectivity index (χ1v) is 19.1. The lowest BCUT2D eigenvalue weighted by atomic mass is 9.91. The zero-order valence-corrected chi connectivity index (χ0v) is 35.2. The molecule has 57 heavy (non-hydrogen) atoms. The zero-order chi connectivity index (χ0) is 42.7. The van der Waals surface area contributed by atoms with Crippen LogP contribution in [0.4, 0.5) is 22.4 Å². The van der Waals surface area contributed by atoms with E-state index >= 15 is 0 Å². The Bertz CT molecular complexity index is 1930. The van der Waals surface area contributed by atoms with E-state index in [1.165, 1.54) is 24.5 Å². The van der Waals surface area contributed by atoms with Crippen molar-refractivity contribution in [3.63, 3.8) is 0 Å². The topological polar surface area (TPSA) is 134 Å². The van der Waals surface area contributed by atoms with Gasteiger partial charge in [-0.2, -0.15) is 0 Å². The third-order valence-corrected chi connectivity index (χ3v) is 8.41. The second-order valence-corrected chi connectivity index (χ2v) is 16.8. The largest absolute Gasteiger partial charge is 0.488 e. The molecule has 4 aromatic heterocycles. The van der Waals surface area contributed by atoms with Crippen molar-refractivity contribution in [1.29, 1.82) is 0 Å². The van der Waals surface area contributed by atoms with Crippen molar-refractivity contribution in [1.82, 2.24) is 25.3 Å². The quantitative estimate of drug-likeness (QED) is 0.0886. The number of aromatic nitrogens is 4. The van der Waals surface area contributed by atoms with Crippen LogP contribution >= 0.6 is 23.2 Å². The Morgan fingerprint density at radius 3 is 1.54 bits per heavy atom. The molecule has 16 heteroatoms. The summed E-state index contributed by atoms with van der Waals surface area (Å²) in [5, 5.41) is 3.14. The molecule has 0 aromatic carbocycles. The standard InChI is InChI=1S/C23H30ClF2N3O3.C18H22ClF2N3O/c1-14(2)12-23(6,29-21(30)32-22(3,4)5)13-31-18-8-7-16(28-19(18)24)15-9-10-27-17(11-15)20(25)26;1-11(2)9-18(3,22)10-25-15-5-4-13(24-16(15)19)12-6-7-23-14(8-12)17(20)21/h7-11,14,20H,12-13H2,1-6H3,(H,29,30);4-8,11,17H,9-10,22H2,1-3H3/t23-;18-/m00/s1. The van der Waals surface area contributed by atoms with Gasteiger partial charge in [-0.1, -0.05) is 50.9 Å². The molecule has 0 spiro atoms. The summed E-state index contributed by atoms with van der Waals surface area (Å²) in [5.41, 5.74) is 5.65. The molecule has 4 aromatic rings. The Labute approximate surface area is 342 Å². The Morgan fingerprint density at radius 1 is 0.719 bits per heavy atom. The number of halogens is 6. The predicted molar refractivity (Wildman–Crippen MR) is 215 cm³/mol. The Kier molecular flexibility index (Phi) is 16.9. The number of alkyl halides is 4. The van der Waals surface area contributed by atoms with Gasteiger partial charge in [-0.15, -0.1) is 0 Å². The van der Waals surface area contributed by atoms with Gasteiger partial charge in [0, 0.05) is 29.1 Å². The third-order valence-electron chi connectivity index (χ3n) is 7.87. The average molecular weight is 840 g/mol. The van der Waals surface area contributed by atoms with Crippen molar-refractivity contribution in [2.24, 2.45) is 17.6 Å². The minimum Gasteiger partial charge on any atom is -0.488 e. The fourth-order valence-corrected chi connectivity index (χ4v) is 6.32. The summed E-state index contributed by atoms with van der Waals surface area (Å²) in [5.74, 6) is 1.46. The van der Waals surface area contributed by atoms with E-state index in [-0.39, 0.29) is 34.2 Å². The normalized spacial score (nSPS) is 13.8.